The van der Waals surface area contributed by atoms with Gasteiger partial charge in [0.25, 0.3) is 0 Å². The van der Waals surface area contributed by atoms with Crippen LogP contribution < -0.4 is 26.0 Å². The van der Waals surface area contributed by atoms with Gasteiger partial charge < -0.3 is 50.7 Å². The molecule has 2 aromatic carbocycles. The van der Waals surface area contributed by atoms with Gasteiger partial charge in [-0.15, -0.1) is 22.7 Å². The van der Waals surface area contributed by atoms with Gasteiger partial charge in [0, 0.05) is 129 Å². The molecule has 5 N–H and O–H groups in total. The lowest BCUT2D eigenvalue weighted by molar-refractivity contribution is -0.126. The maximum Gasteiger partial charge on any atom is 0.246 e. The number of nitrogens with zero attached hydrogens (tertiary/aromatic N) is 8. The van der Waals surface area contributed by atoms with Crippen molar-refractivity contribution in [2.45, 2.75) is 111 Å². The Morgan fingerprint density at radius 3 is 1.14 bits per heavy atom. The van der Waals surface area contributed by atoms with Crippen molar-refractivity contribution < 1.29 is 29.0 Å². The van der Waals surface area contributed by atoms with Gasteiger partial charge in [-0.25, -0.2) is 19.9 Å². The number of thiophene rings is 2. The molecule has 4 saturated heterocycles. The Balaban J connectivity index is 0.000000124. The predicted octanol–water partition coefficient (Wildman–Crippen LogP) is 19.0. The number of aromatic nitrogens is 4. The number of methoxy groups -OCH3 is 1. The van der Waals surface area contributed by atoms with Gasteiger partial charge in [0.1, 0.15) is 29.0 Å². The number of allylic oxidation sites excluding steroid dienone is 7. The molecule has 4 aliphatic carbocycles. The maximum atomic E-state index is 12.7. The number of fused-ring (bicyclic) bond motifs is 8. The molecule has 5 fully saturated rings. The molecule has 12 aliphatic rings. The molecule has 20 heteroatoms. The molecule has 618 valence electrons. The fraction of sp³-hybridized carbons (Fsp3) is 0.340. The average Bonchev–Trinajstić information content (AvgIpc) is 1.61. The number of likely N-dealkylation sites (tertiary alicyclic amines) is 4. The van der Waals surface area contributed by atoms with Crippen LogP contribution in [0.4, 0.5) is 23.3 Å². The third kappa shape index (κ3) is 18.9. The Kier molecular flexibility index (Phi) is 25.4. The fourth-order valence-electron chi connectivity index (χ4n) is 19.2. The lowest BCUT2D eigenvalue weighted by Crippen LogP contribution is -2.31. The summed E-state index contributed by atoms with van der Waals surface area (Å²) in [4.78, 5) is 79.4. The first-order chi connectivity index (χ1) is 57.3. The van der Waals surface area contributed by atoms with Gasteiger partial charge in [0.05, 0.1) is 17.6 Å². The van der Waals surface area contributed by atoms with Crippen molar-refractivity contribution in [3.8, 4) is 5.75 Å². The summed E-state index contributed by atoms with van der Waals surface area (Å²) in [5.41, 5.74) is 19.8. The largest absolute Gasteiger partial charge is 0.495 e. The highest BCUT2D eigenvalue weighted by atomic mass is 32.1. The number of hydrogen-bond donors (Lipinski definition) is 5. The number of carbonyl (C=O) groups is 4. The molecule has 0 radical (unpaired) electrons. The molecule has 14 heterocycles. The second-order valence-corrected chi connectivity index (χ2v) is 35.6. The van der Waals surface area contributed by atoms with E-state index in [0.717, 1.165) is 221 Å². The zero-order valence-corrected chi connectivity index (χ0v) is 68.9. The molecule has 7 unspecified atom stereocenters. The van der Waals surface area contributed by atoms with Crippen molar-refractivity contribution in [2.24, 2.45) is 47.3 Å². The second-order valence-electron chi connectivity index (χ2n) is 33.7. The van der Waals surface area contributed by atoms with E-state index >= 15 is 0 Å². The van der Waals surface area contributed by atoms with Crippen LogP contribution in [-0.4, -0.2) is 128 Å². The zero-order chi connectivity index (χ0) is 81.1. The van der Waals surface area contributed by atoms with Crippen LogP contribution in [0.25, 0.3) is 41.0 Å². The van der Waals surface area contributed by atoms with E-state index in [1.54, 1.807) is 55.1 Å². The maximum absolute atomic E-state index is 12.7. The van der Waals surface area contributed by atoms with Crippen molar-refractivity contribution in [3.05, 3.63) is 295 Å². The summed E-state index contributed by atoms with van der Waals surface area (Å²) in [6.07, 6.45) is 40.6. The molecule has 4 amide bonds. The molecule has 1 saturated carbocycles. The number of benzene rings is 2. The standard InChI is InChI=1S/C25H27N3O2.C25H25N3O.C24H25N3O2S.C24H25N3OS.2CH4/c1-17-7-9-19-11-18(14-26-24(19)27-17)8-10-23(29)28-15-20-12-25(30,13-21(20)16-28)22-5-3-2-4-6-22;1-17-7-9-20-11-18(14-26-25(20)27-17)8-10-24(29)28-15-22-12-21(13-23(22)16-28)19-5-3-2-4-6-19;1-15-3-5-17-9-16(12-25-24(17)26-15)4-6-22(28)27-13-19-10-18(11-20(19)14-27)23-21(29-2)7-8-30-23;1-15-7-8-29-23(15)19-10-20-13-27(14-21(20)11-19)22(28)6-4-17-9-18-5-3-16(2)26-24(18)25-12-17;;/h2-6,8,10-11,14,20-21,30H,1,7,9,12-13,15-16H2,(H,26,27);2-6,8,10-12,14,22-23H,1,7,9,13,15-16H2,(H,26,27);4,6-10,12,19-20H,1,3,5,11,13-14H2,2H3,(H,25,26);4,6-10,12,20-21H,2-3,5,11,13-14H2,1H3,(H,25,26);2*1H4/b2*10-8+;2*6-4+;;/t20-,21+,25?;;;;;. The number of aryl methyl sites for hydroxylation is 5. The van der Waals surface area contributed by atoms with Crippen LogP contribution in [0.2, 0.25) is 0 Å². The molecule has 9 atom stereocenters. The SMILES string of the molecule is C.C.C=C1CCc2cc(/C=C/C(=O)N3CC4C=C(c5ccccc5)CC4C3)cnc2N1.C=C1CCc2cc(/C=C/C(=O)N3CC4C=C(c5sccc5C)CC4C3)cnc2N1.C=C1CCc2cc(/C=C/C(=O)N3CC4C=C(c5sccc5OC)CC4C3)cnc2N1.C=C1CCc2cc(/C=C/C(=O)N3C[C@@H]4CC(O)(c5ccccc5)C[C@@H]4C3)cnc2N1. The quantitative estimate of drug-likeness (QED) is 0.0680. The summed E-state index contributed by atoms with van der Waals surface area (Å²) in [7, 11) is 1.72. The number of ether oxygens (including phenoxy) is 1. The van der Waals surface area contributed by atoms with Crippen molar-refractivity contribution in [1.29, 1.82) is 0 Å². The van der Waals surface area contributed by atoms with Gasteiger partial charge in [-0.2, -0.15) is 0 Å². The lowest BCUT2D eigenvalue weighted by Gasteiger charge is -2.26. The van der Waals surface area contributed by atoms with Crippen LogP contribution in [0.15, 0.2) is 224 Å². The third-order valence-electron chi connectivity index (χ3n) is 25.5. The van der Waals surface area contributed by atoms with E-state index < -0.39 is 5.60 Å². The minimum absolute atomic E-state index is 0. The zero-order valence-electron chi connectivity index (χ0n) is 67.2. The van der Waals surface area contributed by atoms with Crippen molar-refractivity contribution >= 4 is 111 Å². The minimum atomic E-state index is -0.754. The smallest absolute Gasteiger partial charge is 0.246 e. The van der Waals surface area contributed by atoms with Crippen molar-refractivity contribution in [2.75, 3.05) is 80.7 Å². The normalized spacial score (nSPS) is 23.7. The molecule has 0 bridgehead atoms. The van der Waals surface area contributed by atoms with Crippen LogP contribution in [0.5, 0.6) is 5.75 Å². The molecule has 8 aromatic rings. The molecular weight excluding hydrogens is 1530 g/mol. The van der Waals surface area contributed by atoms with E-state index in [0.29, 0.717) is 47.3 Å². The van der Waals surface area contributed by atoms with Gasteiger partial charge in [0.2, 0.25) is 23.6 Å². The Morgan fingerprint density at radius 2 is 0.775 bits per heavy atom. The van der Waals surface area contributed by atoms with Gasteiger partial charge in [-0.1, -0.05) is 120 Å². The van der Waals surface area contributed by atoms with E-state index in [-0.39, 0.29) is 38.5 Å². The van der Waals surface area contributed by atoms with Crippen molar-refractivity contribution in [1.82, 2.24) is 39.5 Å². The first-order valence-corrected chi connectivity index (χ1v) is 43.3. The predicted molar refractivity (Wildman–Crippen MR) is 489 cm³/mol. The lowest BCUT2D eigenvalue weighted by atomic mass is 9.90. The van der Waals surface area contributed by atoms with E-state index in [1.807, 2.05) is 104 Å². The average molecular weight is 1640 g/mol. The molecule has 18 nitrogen and oxygen atoms in total. The summed E-state index contributed by atoms with van der Waals surface area (Å²) < 4.78 is 5.48. The van der Waals surface area contributed by atoms with Crippen LogP contribution in [0, 0.1) is 54.3 Å². The summed E-state index contributed by atoms with van der Waals surface area (Å²) in [5.74, 6) is 8.55. The van der Waals surface area contributed by atoms with Gasteiger partial charge >= 0.3 is 0 Å². The van der Waals surface area contributed by atoms with E-state index in [4.69, 9.17) is 4.74 Å². The number of carbonyl (C=O) groups excluding carboxylic acids is 4. The van der Waals surface area contributed by atoms with E-state index in [1.165, 1.54) is 54.3 Å². The summed E-state index contributed by atoms with van der Waals surface area (Å²) in [6, 6.07) is 33.2. The molecule has 8 aliphatic heterocycles. The van der Waals surface area contributed by atoms with Gasteiger partial charge in [-0.05, 0) is 287 Å². The Bertz CT molecular complexity index is 5480. The summed E-state index contributed by atoms with van der Waals surface area (Å²) >= 11 is 3.57. The minimum Gasteiger partial charge on any atom is -0.495 e. The molecular formula is C100H110N12O6S2. The molecule has 20 rings (SSSR count). The molecule has 6 aromatic heterocycles. The number of nitrogens with one attached hydrogen (secondary N) is 4. The van der Waals surface area contributed by atoms with E-state index in [9.17, 15) is 24.3 Å². The number of pyridine rings is 4. The van der Waals surface area contributed by atoms with Crippen LogP contribution in [0.3, 0.4) is 0 Å². The highest BCUT2D eigenvalue weighted by Crippen LogP contribution is 2.50. The topological polar surface area (TPSA) is 210 Å². The molecule has 120 heavy (non-hydrogen) atoms. The number of amides is 4. The summed E-state index contributed by atoms with van der Waals surface area (Å²) in [6.45, 7) is 24.4. The fourth-order valence-corrected chi connectivity index (χ4v) is 21.1. The van der Waals surface area contributed by atoms with Crippen molar-refractivity contribution in [3.63, 3.8) is 0 Å². The van der Waals surface area contributed by atoms with E-state index in [2.05, 4.69) is 164 Å². The number of aliphatic hydroxyl groups is 1. The second kappa shape index (κ2) is 36.6. The highest BCUT2D eigenvalue weighted by Gasteiger charge is 2.50. The van der Waals surface area contributed by atoms with Crippen LogP contribution in [-0.2, 0) is 50.5 Å². The Labute approximate surface area is 714 Å². The number of anilines is 4. The Morgan fingerprint density at radius 1 is 0.442 bits per heavy atom. The van der Waals surface area contributed by atoms with Crippen LogP contribution >= 0.6 is 22.7 Å². The first-order valence-electron chi connectivity index (χ1n) is 41.6. The third-order valence-corrected chi connectivity index (χ3v) is 27.6. The first kappa shape index (κ1) is 83.5. The number of rotatable bonds is 13. The highest BCUT2D eigenvalue weighted by molar-refractivity contribution is 7.11. The Hall–Kier alpha value is -11.6. The monoisotopic (exact) mass is 1640 g/mol. The van der Waals surface area contributed by atoms with Gasteiger partial charge in [0.15, 0.2) is 0 Å². The summed E-state index contributed by atoms with van der Waals surface area (Å²) in [5, 5.41) is 28.3. The number of hydrogen-bond acceptors (Lipinski definition) is 16. The molecule has 0 spiro atoms. The van der Waals surface area contributed by atoms with Gasteiger partial charge in [-0.3, -0.25) is 19.2 Å². The van der Waals surface area contributed by atoms with Crippen LogP contribution in [0.1, 0.15) is 144 Å².